The van der Waals surface area contributed by atoms with Crippen molar-refractivity contribution in [1.29, 1.82) is 0 Å². The fourth-order valence-corrected chi connectivity index (χ4v) is 3.27. The Hall–Kier alpha value is -1.43. The predicted octanol–water partition coefficient (Wildman–Crippen LogP) is 0.787. The van der Waals surface area contributed by atoms with Gasteiger partial charge in [-0.25, -0.2) is 0 Å². The molecule has 5 nitrogen and oxygen atoms in total. The van der Waals surface area contributed by atoms with Crippen molar-refractivity contribution in [3.63, 3.8) is 0 Å². The van der Waals surface area contributed by atoms with Crippen molar-refractivity contribution >= 4 is 5.91 Å². The summed E-state index contributed by atoms with van der Waals surface area (Å²) in [6, 6.07) is 9.94. The normalized spacial score (nSPS) is 25.2. The van der Waals surface area contributed by atoms with E-state index in [1.165, 1.54) is 0 Å². The van der Waals surface area contributed by atoms with Crippen LogP contribution in [0, 0.1) is 0 Å². The van der Waals surface area contributed by atoms with Crippen molar-refractivity contribution in [3.8, 4) is 0 Å². The number of ether oxygens (including phenoxy) is 2. The largest absolute Gasteiger partial charge is 0.383 e. The Kier molecular flexibility index (Phi) is 5.08. The minimum absolute atomic E-state index is 0.129. The third kappa shape index (κ3) is 3.85. The van der Waals surface area contributed by atoms with E-state index < -0.39 is 0 Å². The van der Waals surface area contributed by atoms with E-state index in [0.717, 1.165) is 31.8 Å². The van der Waals surface area contributed by atoms with E-state index in [9.17, 15) is 4.79 Å². The van der Waals surface area contributed by atoms with Crippen LogP contribution >= 0.6 is 0 Å². The van der Waals surface area contributed by atoms with E-state index in [1.807, 2.05) is 35.2 Å². The third-order valence-corrected chi connectivity index (χ3v) is 4.32. The fraction of sp³-hybridized carbons (Fsp3) is 0.588. The smallest absolute Gasteiger partial charge is 0.227 e. The number of carbonyl (C=O) groups is 1. The molecule has 2 atom stereocenters. The number of methoxy groups -OCH3 is 1. The van der Waals surface area contributed by atoms with Crippen LogP contribution in [-0.2, 0) is 20.7 Å². The van der Waals surface area contributed by atoms with Crippen LogP contribution in [0.1, 0.15) is 5.56 Å². The van der Waals surface area contributed by atoms with Gasteiger partial charge < -0.3 is 14.4 Å². The molecule has 2 fully saturated rings. The summed E-state index contributed by atoms with van der Waals surface area (Å²) in [6.07, 6.45) is 0.737. The lowest BCUT2D eigenvalue weighted by molar-refractivity contribution is -0.160. The van der Waals surface area contributed by atoms with Gasteiger partial charge in [0.05, 0.1) is 25.2 Å². The van der Waals surface area contributed by atoms with Crippen LogP contribution in [0.4, 0.5) is 0 Å². The summed E-state index contributed by atoms with van der Waals surface area (Å²) in [5.41, 5.74) is 1.07. The number of carbonyl (C=O) groups excluding carboxylic acids is 1. The van der Waals surface area contributed by atoms with Crippen LogP contribution in [-0.4, -0.2) is 74.4 Å². The van der Waals surface area contributed by atoms with Gasteiger partial charge in [-0.15, -0.1) is 0 Å². The molecule has 0 spiro atoms. The van der Waals surface area contributed by atoms with E-state index in [2.05, 4.69) is 4.90 Å². The lowest BCUT2D eigenvalue weighted by Gasteiger charge is -2.45. The summed E-state index contributed by atoms with van der Waals surface area (Å²) < 4.78 is 11.1. The van der Waals surface area contributed by atoms with Crippen LogP contribution in [0.5, 0.6) is 0 Å². The van der Waals surface area contributed by atoms with Crippen molar-refractivity contribution < 1.29 is 14.3 Å². The van der Waals surface area contributed by atoms with Crippen molar-refractivity contribution in [2.45, 2.75) is 18.6 Å². The first kappa shape index (κ1) is 15.5. The molecule has 0 radical (unpaired) electrons. The molecule has 2 bridgehead atoms. The fourth-order valence-electron chi connectivity index (χ4n) is 3.27. The lowest BCUT2D eigenvalue weighted by atomic mass is 10.1. The SMILES string of the molecule is COCCN1CC2CN(C(=O)Cc3ccccc3)CC(C1)O2. The molecule has 5 heteroatoms. The molecule has 0 aromatic heterocycles. The minimum atomic E-state index is 0.129. The number of hydrogen-bond donors (Lipinski definition) is 0. The highest BCUT2D eigenvalue weighted by molar-refractivity contribution is 5.79. The van der Waals surface area contributed by atoms with E-state index >= 15 is 0 Å². The number of amides is 1. The summed E-state index contributed by atoms with van der Waals surface area (Å²) in [4.78, 5) is 16.8. The van der Waals surface area contributed by atoms with Crippen LogP contribution < -0.4 is 0 Å². The molecule has 2 unspecified atom stereocenters. The van der Waals surface area contributed by atoms with Gasteiger partial charge >= 0.3 is 0 Å². The highest BCUT2D eigenvalue weighted by atomic mass is 16.5. The standard InChI is InChI=1S/C17H24N2O3/c1-21-8-7-18-10-15-12-19(13-16(11-18)22-15)17(20)9-14-5-3-2-4-6-14/h2-6,15-16H,7-13H2,1H3. The molecule has 0 saturated carbocycles. The number of nitrogens with zero attached hydrogens (tertiary/aromatic N) is 2. The van der Waals surface area contributed by atoms with Crippen LogP contribution in [0.3, 0.4) is 0 Å². The molecule has 3 rings (SSSR count). The Balaban J connectivity index is 1.54. The molecule has 2 aliphatic rings. The van der Waals surface area contributed by atoms with Gasteiger partial charge in [-0.1, -0.05) is 30.3 Å². The molecule has 1 aromatic rings. The molecule has 22 heavy (non-hydrogen) atoms. The molecule has 1 aromatic carbocycles. The molecule has 120 valence electrons. The number of rotatable bonds is 5. The second kappa shape index (κ2) is 7.22. The maximum Gasteiger partial charge on any atom is 0.227 e. The van der Waals surface area contributed by atoms with Crippen LogP contribution in [0.25, 0.3) is 0 Å². The first-order valence-corrected chi connectivity index (χ1v) is 7.93. The van der Waals surface area contributed by atoms with E-state index in [0.29, 0.717) is 19.5 Å². The Morgan fingerprint density at radius 3 is 2.50 bits per heavy atom. The van der Waals surface area contributed by atoms with Gasteiger partial charge in [0.1, 0.15) is 0 Å². The molecule has 0 aliphatic carbocycles. The van der Waals surface area contributed by atoms with Gasteiger partial charge in [0, 0.05) is 39.8 Å². The van der Waals surface area contributed by atoms with Crippen LogP contribution in [0.15, 0.2) is 30.3 Å². The maximum atomic E-state index is 12.5. The number of hydrogen-bond acceptors (Lipinski definition) is 4. The second-order valence-electron chi connectivity index (χ2n) is 6.09. The summed E-state index contributed by atoms with van der Waals surface area (Å²) in [5.74, 6) is 0.204. The Morgan fingerprint density at radius 2 is 1.86 bits per heavy atom. The van der Waals surface area contributed by atoms with Gasteiger partial charge in [0.25, 0.3) is 0 Å². The highest BCUT2D eigenvalue weighted by Crippen LogP contribution is 2.19. The van der Waals surface area contributed by atoms with Crippen molar-refractivity contribution in [2.75, 3.05) is 46.4 Å². The first-order valence-electron chi connectivity index (χ1n) is 7.93. The van der Waals surface area contributed by atoms with Crippen molar-refractivity contribution in [3.05, 3.63) is 35.9 Å². The first-order chi connectivity index (χ1) is 10.7. The highest BCUT2D eigenvalue weighted by Gasteiger charge is 2.36. The van der Waals surface area contributed by atoms with Gasteiger partial charge in [-0.3, -0.25) is 9.69 Å². The zero-order valence-corrected chi connectivity index (χ0v) is 13.1. The molecule has 2 aliphatic heterocycles. The summed E-state index contributed by atoms with van der Waals surface area (Å²) >= 11 is 0. The number of fused-ring (bicyclic) bond motifs is 2. The number of morpholine rings is 2. The third-order valence-electron chi connectivity index (χ3n) is 4.32. The zero-order valence-electron chi connectivity index (χ0n) is 13.1. The summed E-state index contributed by atoms with van der Waals surface area (Å²) in [7, 11) is 1.73. The maximum absolute atomic E-state index is 12.5. The monoisotopic (exact) mass is 304 g/mol. The van der Waals surface area contributed by atoms with E-state index in [1.54, 1.807) is 7.11 Å². The zero-order chi connectivity index (χ0) is 15.4. The Labute approximate surface area is 131 Å². The Morgan fingerprint density at radius 1 is 1.18 bits per heavy atom. The molecular weight excluding hydrogens is 280 g/mol. The summed E-state index contributed by atoms with van der Waals surface area (Å²) in [5, 5.41) is 0. The second-order valence-corrected chi connectivity index (χ2v) is 6.09. The predicted molar refractivity (Wildman–Crippen MR) is 83.7 cm³/mol. The van der Waals surface area contributed by atoms with E-state index in [-0.39, 0.29) is 18.1 Å². The number of benzene rings is 1. The topological polar surface area (TPSA) is 42.0 Å². The van der Waals surface area contributed by atoms with Crippen LogP contribution in [0.2, 0.25) is 0 Å². The molecule has 2 heterocycles. The Bertz CT molecular complexity index is 480. The molecule has 2 saturated heterocycles. The van der Waals surface area contributed by atoms with Gasteiger partial charge in [0.15, 0.2) is 0 Å². The van der Waals surface area contributed by atoms with Gasteiger partial charge in [-0.05, 0) is 5.56 Å². The van der Waals surface area contributed by atoms with E-state index in [4.69, 9.17) is 9.47 Å². The average Bonchev–Trinajstić information content (AvgIpc) is 2.53. The lowest BCUT2D eigenvalue weighted by Crippen LogP contribution is -2.61. The van der Waals surface area contributed by atoms with Gasteiger partial charge in [0.2, 0.25) is 5.91 Å². The molecular formula is C17H24N2O3. The van der Waals surface area contributed by atoms with Gasteiger partial charge in [-0.2, -0.15) is 0 Å². The quantitative estimate of drug-likeness (QED) is 0.806. The van der Waals surface area contributed by atoms with Crippen molar-refractivity contribution in [1.82, 2.24) is 9.80 Å². The van der Waals surface area contributed by atoms with Crippen molar-refractivity contribution in [2.24, 2.45) is 0 Å². The molecule has 1 amide bonds. The average molecular weight is 304 g/mol. The minimum Gasteiger partial charge on any atom is -0.383 e. The summed E-state index contributed by atoms with van der Waals surface area (Å²) in [6.45, 7) is 4.85. The molecule has 0 N–H and O–H groups in total.